The topological polar surface area (TPSA) is 73.1 Å². The fraction of sp³-hybridized carbons (Fsp3) is 0.333. The number of aromatic nitrogens is 2. The minimum atomic E-state index is -0.233. The van der Waals surface area contributed by atoms with Crippen LogP contribution in [0.3, 0.4) is 0 Å². The van der Waals surface area contributed by atoms with Crippen LogP contribution >= 0.6 is 11.3 Å². The number of nitrogens with one attached hydrogen (secondary N) is 3. The maximum Gasteiger partial charge on any atom is 0.319 e. The van der Waals surface area contributed by atoms with Gasteiger partial charge >= 0.3 is 6.03 Å². The van der Waals surface area contributed by atoms with Crippen LogP contribution in [0.5, 0.6) is 0 Å². The molecule has 0 aliphatic rings. The summed E-state index contributed by atoms with van der Waals surface area (Å²) >= 11 is 1.66. The summed E-state index contributed by atoms with van der Waals surface area (Å²) in [4.78, 5) is 13.8. The molecule has 0 saturated carbocycles. The fourth-order valence-corrected chi connectivity index (χ4v) is 2.45. The van der Waals surface area contributed by atoms with E-state index in [0.717, 1.165) is 0 Å². The van der Waals surface area contributed by atoms with Gasteiger partial charge in [-0.05, 0) is 36.5 Å². The van der Waals surface area contributed by atoms with Crippen LogP contribution in [-0.2, 0) is 0 Å². The lowest BCUT2D eigenvalue weighted by Gasteiger charge is -2.23. The van der Waals surface area contributed by atoms with Crippen LogP contribution in [-0.4, -0.2) is 41.8 Å². The van der Waals surface area contributed by atoms with Crippen LogP contribution in [0.4, 0.5) is 10.5 Å². The molecule has 102 valence electrons. The smallest absolute Gasteiger partial charge is 0.319 e. The Bertz CT molecular complexity index is 494. The number of aromatic amines is 1. The number of H-pyrrole nitrogens is 1. The van der Waals surface area contributed by atoms with E-state index in [0.29, 0.717) is 12.2 Å². The van der Waals surface area contributed by atoms with Crippen molar-refractivity contribution in [2.75, 3.05) is 26.0 Å². The van der Waals surface area contributed by atoms with Crippen LogP contribution in [0.2, 0.25) is 0 Å². The van der Waals surface area contributed by atoms with Crippen LogP contribution in [0, 0.1) is 0 Å². The normalized spacial score (nSPS) is 12.4. The van der Waals surface area contributed by atoms with E-state index in [-0.39, 0.29) is 12.1 Å². The molecule has 0 bridgehead atoms. The Morgan fingerprint density at radius 2 is 2.42 bits per heavy atom. The predicted molar refractivity (Wildman–Crippen MR) is 76.4 cm³/mol. The number of amides is 2. The molecule has 0 aliphatic heterocycles. The summed E-state index contributed by atoms with van der Waals surface area (Å²) in [7, 11) is 4.00. The number of thiophene rings is 1. The van der Waals surface area contributed by atoms with E-state index in [1.165, 1.54) is 5.56 Å². The lowest BCUT2D eigenvalue weighted by atomic mass is 10.1. The molecule has 7 heteroatoms. The maximum absolute atomic E-state index is 11.7. The first-order valence-corrected chi connectivity index (χ1v) is 6.83. The standard InChI is InChI=1S/C12H17N5OS/c1-17(2)11(9-3-4-19-8-9)7-13-12(18)16-10-5-14-15-6-10/h3-6,8,11H,7H2,1-2H3,(H,14,15)(H2,13,16,18). The van der Waals surface area contributed by atoms with Gasteiger partial charge in [0, 0.05) is 12.7 Å². The van der Waals surface area contributed by atoms with E-state index in [2.05, 4.69) is 37.2 Å². The van der Waals surface area contributed by atoms with Crippen molar-refractivity contribution in [3.63, 3.8) is 0 Å². The summed E-state index contributed by atoms with van der Waals surface area (Å²) in [5, 5.41) is 16.1. The molecular formula is C12H17N5OS. The third kappa shape index (κ3) is 3.80. The minimum absolute atomic E-state index is 0.168. The van der Waals surface area contributed by atoms with Gasteiger partial charge in [-0.2, -0.15) is 16.4 Å². The average Bonchev–Trinajstić information content (AvgIpc) is 3.01. The zero-order valence-corrected chi connectivity index (χ0v) is 11.7. The van der Waals surface area contributed by atoms with Gasteiger partial charge in [-0.1, -0.05) is 0 Å². The van der Waals surface area contributed by atoms with Gasteiger partial charge < -0.3 is 15.5 Å². The van der Waals surface area contributed by atoms with Gasteiger partial charge in [-0.25, -0.2) is 4.79 Å². The SMILES string of the molecule is CN(C)C(CNC(=O)Nc1cn[nH]c1)c1ccsc1. The van der Waals surface area contributed by atoms with Crippen molar-refractivity contribution in [1.82, 2.24) is 20.4 Å². The summed E-state index contributed by atoms with van der Waals surface area (Å²) in [6, 6.07) is 2.01. The number of rotatable bonds is 5. The van der Waals surface area contributed by atoms with Crippen molar-refractivity contribution in [3.05, 3.63) is 34.8 Å². The van der Waals surface area contributed by atoms with E-state index in [1.807, 2.05) is 19.5 Å². The summed E-state index contributed by atoms with van der Waals surface area (Å²) in [6.45, 7) is 0.549. The van der Waals surface area contributed by atoms with E-state index in [9.17, 15) is 4.79 Å². The fourth-order valence-electron chi connectivity index (χ4n) is 1.75. The van der Waals surface area contributed by atoms with Gasteiger partial charge in [0.1, 0.15) is 0 Å². The maximum atomic E-state index is 11.7. The molecule has 2 rings (SSSR count). The molecule has 0 fully saturated rings. The van der Waals surface area contributed by atoms with Crippen LogP contribution in [0.1, 0.15) is 11.6 Å². The lowest BCUT2D eigenvalue weighted by molar-refractivity contribution is 0.243. The Kier molecular flexibility index (Phi) is 4.53. The van der Waals surface area contributed by atoms with E-state index in [1.54, 1.807) is 23.7 Å². The quantitative estimate of drug-likeness (QED) is 0.782. The molecule has 0 saturated heterocycles. The van der Waals surface area contributed by atoms with Gasteiger partial charge in [0.05, 0.1) is 17.9 Å². The monoisotopic (exact) mass is 279 g/mol. The molecule has 0 radical (unpaired) electrons. The number of urea groups is 1. The highest BCUT2D eigenvalue weighted by molar-refractivity contribution is 7.07. The Balaban J connectivity index is 1.87. The van der Waals surface area contributed by atoms with Crippen molar-refractivity contribution in [2.45, 2.75) is 6.04 Å². The van der Waals surface area contributed by atoms with Crippen LogP contribution < -0.4 is 10.6 Å². The molecule has 2 aromatic rings. The van der Waals surface area contributed by atoms with Gasteiger partial charge in [-0.3, -0.25) is 5.10 Å². The highest BCUT2D eigenvalue weighted by atomic mass is 32.1. The third-order valence-electron chi connectivity index (χ3n) is 2.76. The first kappa shape index (κ1) is 13.6. The van der Waals surface area contributed by atoms with Crippen molar-refractivity contribution in [1.29, 1.82) is 0 Å². The van der Waals surface area contributed by atoms with E-state index >= 15 is 0 Å². The first-order valence-electron chi connectivity index (χ1n) is 5.89. The lowest BCUT2D eigenvalue weighted by Crippen LogP contribution is -2.36. The highest BCUT2D eigenvalue weighted by Crippen LogP contribution is 2.19. The number of carbonyl (C=O) groups excluding carboxylic acids is 1. The molecule has 0 aromatic carbocycles. The summed E-state index contributed by atoms with van der Waals surface area (Å²) in [5.74, 6) is 0. The molecule has 1 atom stereocenters. The summed E-state index contributed by atoms with van der Waals surface area (Å²) < 4.78 is 0. The molecule has 19 heavy (non-hydrogen) atoms. The number of hydrogen-bond donors (Lipinski definition) is 3. The Hall–Kier alpha value is -1.86. The second kappa shape index (κ2) is 6.35. The summed E-state index contributed by atoms with van der Waals surface area (Å²) in [5.41, 5.74) is 1.85. The second-order valence-electron chi connectivity index (χ2n) is 4.36. The molecule has 1 unspecified atom stereocenters. The largest absolute Gasteiger partial charge is 0.336 e. The molecule has 0 spiro atoms. The van der Waals surface area contributed by atoms with Gasteiger partial charge in [0.2, 0.25) is 0 Å². The Labute approximate surface area is 115 Å². The molecule has 6 nitrogen and oxygen atoms in total. The van der Waals surface area contributed by atoms with Crippen molar-refractivity contribution >= 4 is 23.1 Å². The zero-order chi connectivity index (χ0) is 13.7. The number of likely N-dealkylation sites (N-methyl/N-ethyl adjacent to an activating group) is 1. The summed E-state index contributed by atoms with van der Waals surface area (Å²) in [6.07, 6.45) is 3.18. The minimum Gasteiger partial charge on any atom is -0.336 e. The van der Waals surface area contributed by atoms with Crippen LogP contribution in [0.15, 0.2) is 29.2 Å². The van der Waals surface area contributed by atoms with E-state index in [4.69, 9.17) is 0 Å². The van der Waals surface area contributed by atoms with Crippen molar-refractivity contribution in [2.24, 2.45) is 0 Å². The van der Waals surface area contributed by atoms with Crippen molar-refractivity contribution in [3.8, 4) is 0 Å². The molecule has 2 aromatic heterocycles. The second-order valence-corrected chi connectivity index (χ2v) is 5.14. The first-order chi connectivity index (χ1) is 9.16. The Morgan fingerprint density at radius 1 is 1.58 bits per heavy atom. The molecule has 2 amide bonds. The van der Waals surface area contributed by atoms with E-state index < -0.39 is 0 Å². The molecule has 0 aliphatic carbocycles. The van der Waals surface area contributed by atoms with Gasteiger partial charge in [0.25, 0.3) is 0 Å². The number of carbonyl (C=O) groups is 1. The van der Waals surface area contributed by atoms with Crippen LogP contribution in [0.25, 0.3) is 0 Å². The molecular weight excluding hydrogens is 262 g/mol. The molecule has 3 N–H and O–H groups in total. The zero-order valence-electron chi connectivity index (χ0n) is 10.9. The third-order valence-corrected chi connectivity index (χ3v) is 3.46. The Morgan fingerprint density at radius 3 is 3.00 bits per heavy atom. The predicted octanol–water partition coefficient (Wildman–Crippen LogP) is 1.90. The number of hydrogen-bond acceptors (Lipinski definition) is 4. The van der Waals surface area contributed by atoms with Gasteiger partial charge in [-0.15, -0.1) is 0 Å². The number of anilines is 1. The number of nitrogens with zero attached hydrogens (tertiary/aromatic N) is 2. The highest BCUT2D eigenvalue weighted by Gasteiger charge is 2.15. The average molecular weight is 279 g/mol. The molecule has 2 heterocycles. The van der Waals surface area contributed by atoms with Crippen molar-refractivity contribution < 1.29 is 4.79 Å². The van der Waals surface area contributed by atoms with Gasteiger partial charge in [0.15, 0.2) is 0 Å².